The van der Waals surface area contributed by atoms with Crippen LogP contribution in [0.15, 0.2) is 54.7 Å². The van der Waals surface area contributed by atoms with Crippen LogP contribution in [0, 0.1) is 5.92 Å². The first kappa shape index (κ1) is 16.6. The van der Waals surface area contributed by atoms with Crippen molar-refractivity contribution in [1.82, 2.24) is 24.8 Å². The van der Waals surface area contributed by atoms with Gasteiger partial charge in [-0.1, -0.05) is 36.4 Å². The van der Waals surface area contributed by atoms with Crippen LogP contribution in [0.3, 0.4) is 0 Å². The zero-order valence-electron chi connectivity index (χ0n) is 14.9. The molecule has 1 fully saturated rings. The van der Waals surface area contributed by atoms with E-state index in [0.29, 0.717) is 12.5 Å². The minimum Gasteiger partial charge on any atom is -0.331 e. The molecule has 0 aliphatic heterocycles. The normalized spacial score (nSPS) is 15.0. The van der Waals surface area contributed by atoms with Crippen LogP contribution in [0.4, 0.5) is 4.79 Å². The highest BCUT2D eigenvalue weighted by molar-refractivity contribution is 5.74. The van der Waals surface area contributed by atoms with Gasteiger partial charge in [0.2, 0.25) is 0 Å². The molecular formula is C20H23N5O. The average molecular weight is 349 g/mol. The highest BCUT2D eigenvalue weighted by Crippen LogP contribution is 2.32. The fourth-order valence-electron chi connectivity index (χ4n) is 3.17. The monoisotopic (exact) mass is 349 g/mol. The number of urea groups is 1. The molecule has 2 aromatic heterocycles. The third-order valence-electron chi connectivity index (χ3n) is 4.94. The Balaban J connectivity index is 1.47. The largest absolute Gasteiger partial charge is 0.331 e. The van der Waals surface area contributed by atoms with Gasteiger partial charge in [0.05, 0.1) is 12.6 Å². The van der Waals surface area contributed by atoms with E-state index in [0.717, 1.165) is 23.6 Å². The molecule has 1 aliphatic rings. The number of benzene rings is 1. The van der Waals surface area contributed by atoms with E-state index in [1.54, 1.807) is 0 Å². The van der Waals surface area contributed by atoms with Crippen molar-refractivity contribution in [2.24, 2.45) is 5.92 Å². The fourth-order valence-corrected chi connectivity index (χ4v) is 3.17. The maximum atomic E-state index is 12.9. The molecule has 134 valence electrons. The third-order valence-corrected chi connectivity index (χ3v) is 4.94. The van der Waals surface area contributed by atoms with Crippen molar-refractivity contribution in [3.8, 4) is 0 Å². The van der Waals surface area contributed by atoms with Crippen LogP contribution in [-0.4, -0.2) is 32.1 Å². The molecule has 26 heavy (non-hydrogen) atoms. The maximum Gasteiger partial charge on any atom is 0.318 e. The molecule has 0 radical (unpaired) electrons. The molecule has 1 saturated carbocycles. The smallest absolute Gasteiger partial charge is 0.318 e. The molecule has 1 N–H and O–H groups in total. The topological polar surface area (TPSA) is 62.5 Å². The van der Waals surface area contributed by atoms with Crippen molar-refractivity contribution in [3.05, 3.63) is 66.1 Å². The lowest BCUT2D eigenvalue weighted by Gasteiger charge is -2.30. The van der Waals surface area contributed by atoms with Gasteiger partial charge in [0.15, 0.2) is 11.5 Å². The number of fused-ring (bicyclic) bond motifs is 1. The Bertz CT molecular complexity index is 887. The van der Waals surface area contributed by atoms with Crippen molar-refractivity contribution in [3.63, 3.8) is 0 Å². The highest BCUT2D eigenvalue weighted by atomic mass is 16.2. The van der Waals surface area contributed by atoms with E-state index in [4.69, 9.17) is 0 Å². The molecule has 6 heteroatoms. The van der Waals surface area contributed by atoms with E-state index in [1.165, 1.54) is 12.8 Å². The van der Waals surface area contributed by atoms with Crippen LogP contribution < -0.4 is 5.32 Å². The lowest BCUT2D eigenvalue weighted by molar-refractivity contribution is 0.175. The van der Waals surface area contributed by atoms with E-state index in [9.17, 15) is 4.79 Å². The van der Waals surface area contributed by atoms with Gasteiger partial charge in [-0.05, 0) is 43.4 Å². The van der Waals surface area contributed by atoms with Crippen molar-refractivity contribution in [2.75, 3.05) is 6.54 Å². The summed E-state index contributed by atoms with van der Waals surface area (Å²) in [6, 6.07) is 15.9. The molecule has 0 unspecified atom stereocenters. The van der Waals surface area contributed by atoms with E-state index in [2.05, 4.69) is 34.6 Å². The van der Waals surface area contributed by atoms with E-state index in [1.807, 2.05) is 51.9 Å². The Hall–Kier alpha value is -2.89. The summed E-state index contributed by atoms with van der Waals surface area (Å²) in [5.41, 5.74) is 1.93. The summed E-state index contributed by atoms with van der Waals surface area (Å²) >= 11 is 0. The van der Waals surface area contributed by atoms with Gasteiger partial charge in [0, 0.05) is 12.7 Å². The summed E-state index contributed by atoms with van der Waals surface area (Å²) in [5.74, 6) is 1.36. The minimum absolute atomic E-state index is 0.0342. The molecule has 1 atom stereocenters. The first-order valence-corrected chi connectivity index (χ1v) is 9.10. The Morgan fingerprint density at radius 1 is 1.19 bits per heavy atom. The van der Waals surface area contributed by atoms with Gasteiger partial charge in [-0.2, -0.15) is 0 Å². The molecule has 4 rings (SSSR count). The van der Waals surface area contributed by atoms with E-state index >= 15 is 0 Å². The molecule has 6 nitrogen and oxygen atoms in total. The molecule has 2 heterocycles. The summed E-state index contributed by atoms with van der Waals surface area (Å²) in [6.45, 7) is 3.24. The summed E-state index contributed by atoms with van der Waals surface area (Å²) < 4.78 is 1.89. The number of nitrogens with zero attached hydrogens (tertiary/aromatic N) is 4. The SMILES string of the molecule is C[C@H](c1ccccc1)N(CC1CC1)C(=O)NCc1nnc2ccccn12. The number of hydrogen-bond acceptors (Lipinski definition) is 3. The minimum atomic E-state index is -0.0547. The highest BCUT2D eigenvalue weighted by Gasteiger charge is 2.30. The van der Waals surface area contributed by atoms with Crippen LogP contribution in [0.1, 0.15) is 37.2 Å². The molecule has 3 aromatic rings. The Morgan fingerprint density at radius 2 is 1.96 bits per heavy atom. The summed E-state index contributed by atoms with van der Waals surface area (Å²) in [5, 5.41) is 11.3. The molecule has 0 spiro atoms. The van der Waals surface area contributed by atoms with Gasteiger partial charge in [0.25, 0.3) is 0 Å². The second kappa shape index (κ2) is 7.15. The predicted molar refractivity (Wildman–Crippen MR) is 99.5 cm³/mol. The number of carbonyl (C=O) groups excluding carboxylic acids is 1. The molecular weight excluding hydrogens is 326 g/mol. The third kappa shape index (κ3) is 3.54. The van der Waals surface area contributed by atoms with E-state index < -0.39 is 0 Å². The molecule has 1 aliphatic carbocycles. The zero-order chi connectivity index (χ0) is 17.9. The Morgan fingerprint density at radius 3 is 2.73 bits per heavy atom. The summed E-state index contributed by atoms with van der Waals surface area (Å²) in [7, 11) is 0. The van der Waals surface area contributed by atoms with Gasteiger partial charge in [-0.15, -0.1) is 10.2 Å². The van der Waals surface area contributed by atoms with Crippen LogP contribution >= 0.6 is 0 Å². The number of nitrogens with one attached hydrogen (secondary N) is 1. The first-order chi connectivity index (χ1) is 12.7. The number of pyridine rings is 1. The van der Waals surface area contributed by atoms with Crippen LogP contribution in [0.5, 0.6) is 0 Å². The standard InChI is InChI=1S/C20H23N5O/c1-15(17-7-3-2-4-8-17)25(14-16-10-11-16)20(26)21-13-19-23-22-18-9-5-6-12-24(18)19/h2-9,12,15-16H,10-11,13-14H2,1H3,(H,21,26)/t15-/m1/s1. The van der Waals surface area contributed by atoms with Gasteiger partial charge in [-0.3, -0.25) is 4.40 Å². The second-order valence-corrected chi connectivity index (χ2v) is 6.89. The lowest BCUT2D eigenvalue weighted by Crippen LogP contribution is -2.42. The Labute approximate surface area is 152 Å². The number of hydrogen-bond donors (Lipinski definition) is 1. The molecule has 2 amide bonds. The summed E-state index contributed by atoms with van der Waals surface area (Å²) in [4.78, 5) is 14.9. The van der Waals surface area contributed by atoms with Crippen molar-refractivity contribution in [2.45, 2.75) is 32.4 Å². The first-order valence-electron chi connectivity index (χ1n) is 9.10. The molecule has 1 aromatic carbocycles. The van der Waals surface area contributed by atoms with Gasteiger partial charge >= 0.3 is 6.03 Å². The summed E-state index contributed by atoms with van der Waals surface area (Å²) in [6.07, 6.45) is 4.32. The van der Waals surface area contributed by atoms with Gasteiger partial charge < -0.3 is 10.2 Å². The molecule has 0 bridgehead atoms. The number of amides is 2. The van der Waals surface area contributed by atoms with Crippen LogP contribution in [0.2, 0.25) is 0 Å². The van der Waals surface area contributed by atoms with Crippen molar-refractivity contribution >= 4 is 11.7 Å². The average Bonchev–Trinajstić information content (AvgIpc) is 3.42. The fraction of sp³-hybridized carbons (Fsp3) is 0.350. The predicted octanol–water partition coefficient (Wildman–Crippen LogP) is 3.41. The quantitative estimate of drug-likeness (QED) is 0.742. The van der Waals surface area contributed by atoms with E-state index in [-0.39, 0.29) is 12.1 Å². The maximum absolute atomic E-state index is 12.9. The number of rotatable bonds is 6. The number of carbonyl (C=O) groups is 1. The second-order valence-electron chi connectivity index (χ2n) is 6.89. The number of aromatic nitrogens is 3. The van der Waals surface area contributed by atoms with Crippen molar-refractivity contribution < 1.29 is 4.79 Å². The zero-order valence-corrected chi connectivity index (χ0v) is 14.9. The van der Waals surface area contributed by atoms with Crippen LogP contribution in [-0.2, 0) is 6.54 Å². The van der Waals surface area contributed by atoms with Crippen LogP contribution in [0.25, 0.3) is 5.65 Å². The van der Waals surface area contributed by atoms with Gasteiger partial charge in [0.1, 0.15) is 0 Å². The Kier molecular flexibility index (Phi) is 4.56. The van der Waals surface area contributed by atoms with Crippen molar-refractivity contribution in [1.29, 1.82) is 0 Å². The lowest BCUT2D eigenvalue weighted by atomic mass is 10.1. The molecule has 0 saturated heterocycles. The van der Waals surface area contributed by atoms with Gasteiger partial charge in [-0.25, -0.2) is 4.79 Å².